The van der Waals surface area contributed by atoms with Crippen molar-refractivity contribution in [3.05, 3.63) is 47.4 Å². The molecule has 7 nitrogen and oxygen atoms in total. The van der Waals surface area contributed by atoms with Crippen LogP contribution in [-0.2, 0) is 11.3 Å². The van der Waals surface area contributed by atoms with Gasteiger partial charge in [0.05, 0.1) is 23.7 Å². The van der Waals surface area contributed by atoms with Crippen molar-refractivity contribution in [3.63, 3.8) is 0 Å². The second-order valence-electron chi connectivity index (χ2n) is 8.83. The summed E-state index contributed by atoms with van der Waals surface area (Å²) in [6, 6.07) is 8.30. The average molecular weight is 424 g/mol. The molecule has 0 amide bonds. The topological polar surface area (TPSA) is 74.6 Å². The third kappa shape index (κ3) is 2.85. The maximum absolute atomic E-state index is 10.2. The first-order valence-electron chi connectivity index (χ1n) is 10.5. The molecule has 2 bridgehead atoms. The third-order valence-electron chi connectivity index (χ3n) is 6.94. The summed E-state index contributed by atoms with van der Waals surface area (Å²) in [6.45, 7) is 6.38. The van der Waals surface area contributed by atoms with Crippen molar-refractivity contribution in [2.75, 3.05) is 37.7 Å². The predicted octanol–water partition coefficient (Wildman–Crippen LogP) is 2.09. The van der Waals surface area contributed by atoms with Crippen molar-refractivity contribution in [3.8, 4) is 0 Å². The highest BCUT2D eigenvalue weighted by atomic mass is 32.1. The number of morpholine rings is 1. The number of likely N-dealkylation sites (tertiary alicyclic amines) is 1. The smallest absolute Gasteiger partial charge is 0.140 e. The number of pyridine rings is 1. The van der Waals surface area contributed by atoms with Crippen LogP contribution >= 0.6 is 11.3 Å². The average Bonchev–Trinajstić information content (AvgIpc) is 3.38. The molecule has 6 heterocycles. The molecule has 0 saturated carbocycles. The van der Waals surface area contributed by atoms with Crippen LogP contribution in [0.2, 0.25) is 0 Å². The number of hydrogen-bond acceptors (Lipinski definition) is 8. The zero-order valence-corrected chi connectivity index (χ0v) is 17.8. The van der Waals surface area contributed by atoms with Gasteiger partial charge in [0.25, 0.3) is 0 Å². The van der Waals surface area contributed by atoms with Gasteiger partial charge in [0, 0.05) is 50.3 Å². The molecular weight excluding hydrogens is 398 g/mol. The summed E-state index contributed by atoms with van der Waals surface area (Å²) >= 11 is 1.64. The van der Waals surface area contributed by atoms with Gasteiger partial charge >= 0.3 is 0 Å². The molecule has 6 rings (SSSR count). The minimum absolute atomic E-state index is 0.0762. The monoisotopic (exact) mass is 423 g/mol. The summed E-state index contributed by atoms with van der Waals surface area (Å²) in [4.78, 5) is 19.5. The van der Waals surface area contributed by atoms with Crippen LogP contribution in [0.3, 0.4) is 0 Å². The number of aliphatic hydroxyl groups is 1. The van der Waals surface area contributed by atoms with Crippen LogP contribution in [-0.4, -0.2) is 69.4 Å². The first kappa shape index (κ1) is 18.6. The van der Waals surface area contributed by atoms with E-state index in [0.717, 1.165) is 60.1 Å². The zero-order chi connectivity index (χ0) is 20.3. The predicted molar refractivity (Wildman–Crippen MR) is 116 cm³/mol. The van der Waals surface area contributed by atoms with E-state index in [1.807, 2.05) is 13.0 Å². The molecule has 0 aromatic carbocycles. The number of anilines is 1. The molecule has 3 aliphatic rings. The largest absolute Gasteiger partial charge is 0.396 e. The summed E-state index contributed by atoms with van der Waals surface area (Å²) in [5, 5.41) is 13.4. The summed E-state index contributed by atoms with van der Waals surface area (Å²) in [5.41, 5.74) is 1.87. The maximum Gasteiger partial charge on any atom is 0.140 e. The van der Waals surface area contributed by atoms with Gasteiger partial charge in [-0.3, -0.25) is 9.88 Å². The van der Waals surface area contributed by atoms with Gasteiger partial charge in [0.2, 0.25) is 0 Å². The van der Waals surface area contributed by atoms with Crippen molar-refractivity contribution in [2.24, 2.45) is 11.8 Å². The van der Waals surface area contributed by atoms with Crippen LogP contribution in [0.1, 0.15) is 11.4 Å². The second-order valence-corrected chi connectivity index (χ2v) is 9.73. The highest BCUT2D eigenvalue weighted by Gasteiger charge is 2.62. The fourth-order valence-corrected chi connectivity index (χ4v) is 6.48. The van der Waals surface area contributed by atoms with Crippen molar-refractivity contribution >= 4 is 27.4 Å². The molecule has 8 heteroatoms. The van der Waals surface area contributed by atoms with Gasteiger partial charge in [0.1, 0.15) is 22.6 Å². The lowest BCUT2D eigenvalue weighted by Crippen LogP contribution is -2.53. The normalized spacial score (nSPS) is 30.9. The molecule has 3 aromatic heterocycles. The van der Waals surface area contributed by atoms with E-state index in [-0.39, 0.29) is 24.2 Å². The van der Waals surface area contributed by atoms with E-state index in [2.05, 4.69) is 43.3 Å². The van der Waals surface area contributed by atoms with E-state index in [0.29, 0.717) is 5.92 Å². The highest BCUT2D eigenvalue weighted by Crippen LogP contribution is 2.50. The van der Waals surface area contributed by atoms with E-state index in [4.69, 9.17) is 9.72 Å². The van der Waals surface area contributed by atoms with E-state index in [1.54, 1.807) is 17.7 Å². The van der Waals surface area contributed by atoms with Gasteiger partial charge in [-0.2, -0.15) is 0 Å². The molecule has 3 aromatic rings. The van der Waals surface area contributed by atoms with Crippen LogP contribution < -0.4 is 4.90 Å². The first-order valence-corrected chi connectivity index (χ1v) is 11.4. The number of aromatic nitrogens is 3. The van der Waals surface area contributed by atoms with Gasteiger partial charge < -0.3 is 14.7 Å². The lowest BCUT2D eigenvalue weighted by molar-refractivity contribution is -0.113. The van der Waals surface area contributed by atoms with Crippen molar-refractivity contribution in [2.45, 2.75) is 25.2 Å². The number of thiophene rings is 1. The lowest BCUT2D eigenvalue weighted by Gasteiger charge is -2.40. The molecule has 0 aliphatic carbocycles. The minimum atomic E-state index is -0.270. The standard InChI is InChI=1S/C22H25N5O2S/c1-14-3-2-4-15(25-14)7-26-9-19-17(10-28)18-8-27(12-22(18,11-26)29-19)20-16-5-6-30-21(16)24-13-23-20/h2-6,13,17-19,28H,7-12H2,1H3/t17-,18+,19+,22+/m0/s1. The van der Waals surface area contributed by atoms with Gasteiger partial charge in [-0.1, -0.05) is 6.07 Å². The summed E-state index contributed by atoms with van der Waals surface area (Å²) < 4.78 is 6.64. The molecule has 0 radical (unpaired) electrons. The summed E-state index contributed by atoms with van der Waals surface area (Å²) in [7, 11) is 0. The quantitative estimate of drug-likeness (QED) is 0.689. The Balaban J connectivity index is 1.30. The van der Waals surface area contributed by atoms with Crippen molar-refractivity contribution in [1.29, 1.82) is 0 Å². The number of ether oxygens (including phenoxy) is 1. The zero-order valence-electron chi connectivity index (χ0n) is 16.9. The molecule has 3 saturated heterocycles. The number of nitrogens with zero attached hydrogens (tertiary/aromatic N) is 5. The van der Waals surface area contributed by atoms with Crippen LogP contribution in [0.25, 0.3) is 10.2 Å². The Hall–Kier alpha value is -2.13. The Kier molecular flexibility index (Phi) is 4.31. The minimum Gasteiger partial charge on any atom is -0.396 e. The SMILES string of the molecule is Cc1cccc(CN2C[C@H]3O[C@]4(C2)CN(c2ncnc5sccc25)C[C@@H]4[C@@H]3CO)n1. The van der Waals surface area contributed by atoms with E-state index >= 15 is 0 Å². The lowest BCUT2D eigenvalue weighted by atomic mass is 9.83. The number of aryl methyl sites for hydroxylation is 1. The Morgan fingerprint density at radius 1 is 1.23 bits per heavy atom. The summed E-state index contributed by atoms with van der Waals surface area (Å²) in [6.07, 6.45) is 1.73. The van der Waals surface area contributed by atoms with Crippen LogP contribution in [0.15, 0.2) is 36.0 Å². The fraction of sp³-hybridized carbons (Fsp3) is 0.500. The van der Waals surface area contributed by atoms with Crippen LogP contribution in [0, 0.1) is 18.8 Å². The highest BCUT2D eigenvalue weighted by molar-refractivity contribution is 7.16. The molecule has 1 spiro atoms. The fourth-order valence-electron chi connectivity index (χ4n) is 5.75. The first-order chi connectivity index (χ1) is 14.6. The van der Waals surface area contributed by atoms with Gasteiger partial charge in [-0.05, 0) is 30.5 Å². The van der Waals surface area contributed by atoms with Crippen LogP contribution in [0.4, 0.5) is 5.82 Å². The van der Waals surface area contributed by atoms with Gasteiger partial charge in [-0.15, -0.1) is 11.3 Å². The number of hydrogen-bond donors (Lipinski definition) is 1. The Labute approximate surface area is 179 Å². The summed E-state index contributed by atoms with van der Waals surface area (Å²) in [5.74, 6) is 1.44. The molecule has 1 N–H and O–H groups in total. The van der Waals surface area contributed by atoms with E-state index < -0.39 is 0 Å². The molecule has 0 unspecified atom stereocenters. The Morgan fingerprint density at radius 3 is 3.03 bits per heavy atom. The molecule has 3 fully saturated rings. The number of rotatable bonds is 4. The number of aliphatic hydroxyl groups excluding tert-OH is 1. The molecule has 30 heavy (non-hydrogen) atoms. The second kappa shape index (κ2) is 6.95. The molecule has 4 atom stereocenters. The molecule has 156 valence electrons. The molecular formula is C22H25N5O2S. The van der Waals surface area contributed by atoms with Gasteiger partial charge in [0.15, 0.2) is 0 Å². The van der Waals surface area contributed by atoms with E-state index in [1.165, 1.54) is 0 Å². The van der Waals surface area contributed by atoms with Gasteiger partial charge in [-0.25, -0.2) is 9.97 Å². The van der Waals surface area contributed by atoms with Crippen LogP contribution in [0.5, 0.6) is 0 Å². The van der Waals surface area contributed by atoms with E-state index in [9.17, 15) is 5.11 Å². The van der Waals surface area contributed by atoms with Crippen molar-refractivity contribution in [1.82, 2.24) is 19.9 Å². The third-order valence-corrected chi connectivity index (χ3v) is 7.76. The Morgan fingerprint density at radius 2 is 2.17 bits per heavy atom. The number of fused-ring (bicyclic) bond motifs is 2. The van der Waals surface area contributed by atoms with Crippen molar-refractivity contribution < 1.29 is 9.84 Å². The molecule has 3 aliphatic heterocycles. The maximum atomic E-state index is 10.2. The Bertz CT molecular complexity index is 1090.